The summed E-state index contributed by atoms with van der Waals surface area (Å²) in [6.07, 6.45) is 0. The SMILES string of the molecule is COc1ccc(CNc2cc(Cl)ccc2F)cc1Cl. The van der Waals surface area contributed by atoms with Gasteiger partial charge in [0, 0.05) is 11.6 Å². The molecule has 19 heavy (non-hydrogen) atoms. The van der Waals surface area contributed by atoms with Crippen LogP contribution in [-0.2, 0) is 6.54 Å². The molecule has 0 saturated heterocycles. The minimum absolute atomic E-state index is 0.344. The maximum atomic E-state index is 13.5. The van der Waals surface area contributed by atoms with E-state index in [0.717, 1.165) is 5.56 Å². The van der Waals surface area contributed by atoms with Crippen molar-refractivity contribution >= 4 is 28.9 Å². The first-order valence-corrected chi connectivity index (χ1v) is 6.37. The molecule has 0 aliphatic rings. The van der Waals surface area contributed by atoms with E-state index < -0.39 is 0 Å². The maximum Gasteiger partial charge on any atom is 0.146 e. The Bertz CT molecular complexity index is 590. The molecule has 0 radical (unpaired) electrons. The standard InChI is InChI=1S/C14H12Cl2FNO/c1-19-14-5-2-9(6-11(14)16)8-18-13-7-10(15)3-4-12(13)17/h2-7,18H,8H2,1H3. The van der Waals surface area contributed by atoms with Gasteiger partial charge in [-0.05, 0) is 35.9 Å². The molecule has 0 spiro atoms. The van der Waals surface area contributed by atoms with E-state index in [1.807, 2.05) is 6.07 Å². The van der Waals surface area contributed by atoms with Crippen LogP contribution in [0.4, 0.5) is 10.1 Å². The first-order chi connectivity index (χ1) is 9.10. The minimum atomic E-state index is -0.344. The molecule has 0 aliphatic heterocycles. The molecule has 100 valence electrons. The number of rotatable bonds is 4. The Morgan fingerprint density at radius 3 is 2.63 bits per heavy atom. The molecular weight excluding hydrogens is 288 g/mol. The van der Waals surface area contributed by atoms with Crippen molar-refractivity contribution in [3.05, 3.63) is 57.8 Å². The number of hydrogen-bond donors (Lipinski definition) is 1. The fourth-order valence-electron chi connectivity index (χ4n) is 1.65. The highest BCUT2D eigenvalue weighted by atomic mass is 35.5. The van der Waals surface area contributed by atoms with Crippen LogP contribution in [-0.4, -0.2) is 7.11 Å². The summed E-state index contributed by atoms with van der Waals surface area (Å²) in [5, 5.41) is 3.98. The van der Waals surface area contributed by atoms with Crippen LogP contribution in [0.25, 0.3) is 0 Å². The van der Waals surface area contributed by atoms with E-state index in [1.165, 1.54) is 12.1 Å². The Morgan fingerprint density at radius 2 is 1.95 bits per heavy atom. The summed E-state index contributed by atoms with van der Waals surface area (Å²) >= 11 is 11.8. The van der Waals surface area contributed by atoms with Gasteiger partial charge in [0.15, 0.2) is 0 Å². The van der Waals surface area contributed by atoms with Gasteiger partial charge in [0.05, 0.1) is 17.8 Å². The van der Waals surface area contributed by atoms with Gasteiger partial charge in [0.1, 0.15) is 11.6 Å². The number of methoxy groups -OCH3 is 1. The number of benzene rings is 2. The summed E-state index contributed by atoms with van der Waals surface area (Å²) in [5.41, 5.74) is 1.28. The third kappa shape index (κ3) is 3.52. The smallest absolute Gasteiger partial charge is 0.146 e. The quantitative estimate of drug-likeness (QED) is 0.879. The largest absolute Gasteiger partial charge is 0.495 e. The van der Waals surface area contributed by atoms with Crippen LogP contribution >= 0.6 is 23.2 Å². The Morgan fingerprint density at radius 1 is 1.16 bits per heavy atom. The number of nitrogens with one attached hydrogen (secondary N) is 1. The summed E-state index contributed by atoms with van der Waals surface area (Å²) in [4.78, 5) is 0. The van der Waals surface area contributed by atoms with Gasteiger partial charge < -0.3 is 10.1 Å². The van der Waals surface area contributed by atoms with Crippen LogP contribution in [0, 0.1) is 5.82 Å². The second-order valence-electron chi connectivity index (χ2n) is 3.95. The van der Waals surface area contributed by atoms with Gasteiger partial charge in [-0.2, -0.15) is 0 Å². The molecule has 0 saturated carbocycles. The predicted molar refractivity (Wildman–Crippen MR) is 76.7 cm³/mol. The molecule has 0 amide bonds. The zero-order valence-corrected chi connectivity index (χ0v) is 11.7. The van der Waals surface area contributed by atoms with Crippen molar-refractivity contribution in [3.63, 3.8) is 0 Å². The van der Waals surface area contributed by atoms with Crippen molar-refractivity contribution in [1.29, 1.82) is 0 Å². The van der Waals surface area contributed by atoms with Crippen molar-refractivity contribution in [2.24, 2.45) is 0 Å². The Hall–Kier alpha value is -1.45. The molecular formula is C14H12Cl2FNO. The van der Waals surface area contributed by atoms with Gasteiger partial charge in [-0.1, -0.05) is 29.3 Å². The van der Waals surface area contributed by atoms with Gasteiger partial charge in [-0.15, -0.1) is 0 Å². The highest BCUT2D eigenvalue weighted by Gasteiger charge is 2.05. The van der Waals surface area contributed by atoms with Crippen LogP contribution < -0.4 is 10.1 Å². The van der Waals surface area contributed by atoms with Crippen LogP contribution in [0.2, 0.25) is 10.0 Å². The van der Waals surface area contributed by atoms with Gasteiger partial charge in [-0.25, -0.2) is 4.39 Å². The molecule has 1 N–H and O–H groups in total. The number of halogens is 3. The van der Waals surface area contributed by atoms with Crippen molar-refractivity contribution in [2.45, 2.75) is 6.54 Å². The summed E-state index contributed by atoms with van der Waals surface area (Å²) in [6, 6.07) is 9.78. The molecule has 2 rings (SSSR count). The van der Waals surface area contributed by atoms with E-state index in [-0.39, 0.29) is 5.82 Å². The molecule has 2 nitrogen and oxygen atoms in total. The molecule has 0 fully saturated rings. The van der Waals surface area contributed by atoms with Crippen LogP contribution in [0.3, 0.4) is 0 Å². The number of ether oxygens (including phenoxy) is 1. The molecule has 5 heteroatoms. The second-order valence-corrected chi connectivity index (χ2v) is 4.79. The lowest BCUT2D eigenvalue weighted by atomic mass is 10.2. The molecule has 0 aliphatic carbocycles. The van der Waals surface area contributed by atoms with Crippen molar-refractivity contribution in [3.8, 4) is 5.75 Å². The Kier molecular flexibility index (Phi) is 4.51. The lowest BCUT2D eigenvalue weighted by molar-refractivity contribution is 0.415. The first-order valence-electron chi connectivity index (χ1n) is 5.61. The van der Waals surface area contributed by atoms with Gasteiger partial charge in [-0.3, -0.25) is 0 Å². The van der Waals surface area contributed by atoms with E-state index in [2.05, 4.69) is 5.32 Å². The summed E-state index contributed by atoms with van der Waals surface area (Å²) < 4.78 is 18.6. The van der Waals surface area contributed by atoms with E-state index in [0.29, 0.717) is 28.0 Å². The molecule has 0 bridgehead atoms. The van der Waals surface area contributed by atoms with Crippen LogP contribution in [0.15, 0.2) is 36.4 Å². The lowest BCUT2D eigenvalue weighted by Crippen LogP contribution is -2.01. The third-order valence-corrected chi connectivity index (χ3v) is 3.16. The zero-order valence-electron chi connectivity index (χ0n) is 10.2. The van der Waals surface area contributed by atoms with Gasteiger partial charge in [0.2, 0.25) is 0 Å². The zero-order chi connectivity index (χ0) is 13.8. The molecule has 0 heterocycles. The van der Waals surface area contributed by atoms with Crippen LogP contribution in [0.5, 0.6) is 5.75 Å². The highest BCUT2D eigenvalue weighted by Crippen LogP contribution is 2.26. The fraction of sp³-hybridized carbons (Fsp3) is 0.143. The highest BCUT2D eigenvalue weighted by molar-refractivity contribution is 6.32. The molecule has 2 aromatic carbocycles. The topological polar surface area (TPSA) is 21.3 Å². The van der Waals surface area contributed by atoms with E-state index in [4.69, 9.17) is 27.9 Å². The minimum Gasteiger partial charge on any atom is -0.495 e. The van der Waals surface area contributed by atoms with Crippen molar-refractivity contribution < 1.29 is 9.13 Å². The number of anilines is 1. The summed E-state index contributed by atoms with van der Waals surface area (Å²) in [7, 11) is 1.56. The predicted octanol–water partition coefficient (Wildman–Crippen LogP) is 4.75. The average molecular weight is 300 g/mol. The Labute approximate surface area is 121 Å². The lowest BCUT2D eigenvalue weighted by Gasteiger charge is -2.09. The van der Waals surface area contributed by atoms with E-state index in [9.17, 15) is 4.39 Å². The summed E-state index contributed by atoms with van der Waals surface area (Å²) in [6.45, 7) is 0.445. The maximum absolute atomic E-state index is 13.5. The van der Waals surface area contributed by atoms with Crippen molar-refractivity contribution in [1.82, 2.24) is 0 Å². The Balaban J connectivity index is 2.10. The second kappa shape index (κ2) is 6.13. The summed E-state index contributed by atoms with van der Waals surface area (Å²) in [5.74, 6) is 0.267. The third-order valence-electron chi connectivity index (χ3n) is 2.63. The van der Waals surface area contributed by atoms with E-state index in [1.54, 1.807) is 25.3 Å². The monoisotopic (exact) mass is 299 g/mol. The average Bonchev–Trinajstić information content (AvgIpc) is 2.40. The van der Waals surface area contributed by atoms with Crippen LogP contribution in [0.1, 0.15) is 5.56 Å². The van der Waals surface area contributed by atoms with Gasteiger partial charge in [0.25, 0.3) is 0 Å². The number of hydrogen-bond acceptors (Lipinski definition) is 2. The van der Waals surface area contributed by atoms with E-state index >= 15 is 0 Å². The molecule has 2 aromatic rings. The normalized spacial score (nSPS) is 10.3. The molecule has 0 unspecified atom stereocenters. The fourth-order valence-corrected chi connectivity index (χ4v) is 2.10. The van der Waals surface area contributed by atoms with Crippen molar-refractivity contribution in [2.75, 3.05) is 12.4 Å². The first kappa shape index (κ1) is 14.0. The van der Waals surface area contributed by atoms with Gasteiger partial charge >= 0.3 is 0 Å². The molecule has 0 aromatic heterocycles. The molecule has 0 atom stereocenters.